The van der Waals surface area contributed by atoms with E-state index in [0.29, 0.717) is 0 Å². The molecule has 0 saturated carbocycles. The summed E-state index contributed by atoms with van der Waals surface area (Å²) in [5.74, 6) is 3.29. The molecule has 0 bridgehead atoms. The van der Waals surface area contributed by atoms with Crippen molar-refractivity contribution in [3.63, 3.8) is 0 Å². The summed E-state index contributed by atoms with van der Waals surface area (Å²) in [7, 11) is 0. The van der Waals surface area contributed by atoms with Crippen LogP contribution >= 0.6 is 0 Å². The van der Waals surface area contributed by atoms with Gasteiger partial charge in [-0.25, -0.2) is 0 Å². The molecule has 74 valence electrons. The molecule has 0 saturated heterocycles. The lowest BCUT2D eigenvalue weighted by atomic mass is 9.77. The van der Waals surface area contributed by atoms with E-state index in [1.165, 1.54) is 6.42 Å². The zero-order valence-electron chi connectivity index (χ0n) is 9.59. The fourth-order valence-electron chi connectivity index (χ4n) is 1.67. The third kappa shape index (κ3) is 3.16. The summed E-state index contributed by atoms with van der Waals surface area (Å²) in [6.07, 6.45) is 3.63. The van der Waals surface area contributed by atoms with Gasteiger partial charge in [-0.15, -0.1) is 0 Å². The van der Waals surface area contributed by atoms with Crippen LogP contribution in [-0.2, 0) is 0 Å². The molecule has 0 N–H and O–H groups in total. The fourth-order valence-corrected chi connectivity index (χ4v) is 1.67. The minimum Gasteiger partial charge on any atom is -0.328 e. The van der Waals surface area contributed by atoms with Gasteiger partial charge in [-0.2, -0.15) is 12.8 Å². The van der Waals surface area contributed by atoms with Crippen LogP contribution in [0.2, 0.25) is 0 Å². The van der Waals surface area contributed by atoms with Gasteiger partial charge < -0.3 is 6.42 Å². The Morgan fingerprint density at radius 3 is 1.83 bits per heavy atom. The van der Waals surface area contributed by atoms with Crippen molar-refractivity contribution >= 4 is 0 Å². The zero-order chi connectivity index (χ0) is 9.72. The molecule has 12 heavy (non-hydrogen) atoms. The second-order valence-electron chi connectivity index (χ2n) is 4.30. The lowest BCUT2D eigenvalue weighted by Gasteiger charge is -2.34. The number of hydrogen-bond donors (Lipinski definition) is 0. The van der Waals surface area contributed by atoms with Gasteiger partial charge in [-0.1, -0.05) is 47.0 Å². The second-order valence-corrected chi connectivity index (χ2v) is 4.30. The van der Waals surface area contributed by atoms with Gasteiger partial charge in [-0.05, 0) is 11.8 Å². The van der Waals surface area contributed by atoms with E-state index in [0.717, 1.165) is 23.7 Å². The van der Waals surface area contributed by atoms with E-state index >= 15 is 0 Å². The SMILES string of the molecule is C[CH-]C(C)C(C)C(C)C(C)CC. The van der Waals surface area contributed by atoms with Crippen LogP contribution in [0.3, 0.4) is 0 Å². The third-order valence-electron chi connectivity index (χ3n) is 3.73. The highest BCUT2D eigenvalue weighted by molar-refractivity contribution is 4.78. The van der Waals surface area contributed by atoms with Gasteiger partial charge >= 0.3 is 0 Å². The standard InChI is InChI=1S/C12H25/c1-7-9(3)11(5)12(6)10(4)8-2/h7,9-12H,8H2,1-6H3/q-1. The Labute approximate surface area is 78.8 Å². The summed E-state index contributed by atoms with van der Waals surface area (Å²) in [5.41, 5.74) is 0. The highest BCUT2D eigenvalue weighted by atomic mass is 14.3. The van der Waals surface area contributed by atoms with Crippen molar-refractivity contribution in [2.75, 3.05) is 0 Å². The Kier molecular flexibility index (Phi) is 5.61. The molecule has 4 unspecified atom stereocenters. The molecule has 0 radical (unpaired) electrons. The monoisotopic (exact) mass is 169 g/mol. The van der Waals surface area contributed by atoms with Gasteiger partial charge in [0.15, 0.2) is 0 Å². The van der Waals surface area contributed by atoms with Crippen LogP contribution in [0.25, 0.3) is 0 Å². The van der Waals surface area contributed by atoms with Crippen molar-refractivity contribution < 1.29 is 0 Å². The Morgan fingerprint density at radius 1 is 1.00 bits per heavy atom. The smallest absolute Gasteiger partial charge is 0.0413 e. The molecule has 0 aromatic rings. The third-order valence-corrected chi connectivity index (χ3v) is 3.73. The van der Waals surface area contributed by atoms with Crippen molar-refractivity contribution in [2.24, 2.45) is 23.7 Å². The predicted octanol–water partition coefficient (Wildman–Crippen LogP) is 4.16. The molecule has 0 aliphatic heterocycles. The molecule has 0 heterocycles. The van der Waals surface area contributed by atoms with E-state index in [1.54, 1.807) is 0 Å². The van der Waals surface area contributed by atoms with Crippen molar-refractivity contribution in [1.82, 2.24) is 0 Å². The summed E-state index contributed by atoms with van der Waals surface area (Å²) in [6, 6.07) is 0. The molecule has 0 spiro atoms. The summed E-state index contributed by atoms with van der Waals surface area (Å²) in [5, 5.41) is 0. The molecule has 0 aliphatic carbocycles. The van der Waals surface area contributed by atoms with E-state index in [1.807, 2.05) is 0 Å². The zero-order valence-corrected chi connectivity index (χ0v) is 9.59. The Hall–Kier alpha value is 0. The van der Waals surface area contributed by atoms with E-state index < -0.39 is 0 Å². The number of hydrogen-bond acceptors (Lipinski definition) is 0. The van der Waals surface area contributed by atoms with Crippen molar-refractivity contribution in [2.45, 2.75) is 48.0 Å². The Morgan fingerprint density at radius 2 is 1.50 bits per heavy atom. The Balaban J connectivity index is 3.99. The van der Waals surface area contributed by atoms with E-state index in [-0.39, 0.29) is 0 Å². The molecule has 0 fully saturated rings. The molecule has 0 amide bonds. The summed E-state index contributed by atoms with van der Waals surface area (Å²) < 4.78 is 0. The second kappa shape index (κ2) is 5.61. The van der Waals surface area contributed by atoms with Crippen LogP contribution in [0.5, 0.6) is 0 Å². The van der Waals surface area contributed by atoms with Gasteiger partial charge in [0.25, 0.3) is 0 Å². The van der Waals surface area contributed by atoms with E-state index in [4.69, 9.17) is 0 Å². The van der Waals surface area contributed by atoms with Crippen LogP contribution in [-0.4, -0.2) is 0 Å². The maximum atomic E-state index is 2.39. The first-order valence-electron chi connectivity index (χ1n) is 5.34. The quantitative estimate of drug-likeness (QED) is 0.542. The van der Waals surface area contributed by atoms with Gasteiger partial charge in [0.1, 0.15) is 0 Å². The van der Waals surface area contributed by atoms with Crippen LogP contribution in [0, 0.1) is 30.1 Å². The first kappa shape index (κ1) is 12.0. The van der Waals surface area contributed by atoms with Crippen LogP contribution < -0.4 is 0 Å². The van der Waals surface area contributed by atoms with Gasteiger partial charge in [-0.3, -0.25) is 0 Å². The lowest BCUT2D eigenvalue weighted by Crippen LogP contribution is -2.21. The molecule has 0 aliphatic rings. The van der Waals surface area contributed by atoms with Crippen molar-refractivity contribution in [3.05, 3.63) is 6.42 Å². The highest BCUT2D eigenvalue weighted by Gasteiger charge is 2.17. The van der Waals surface area contributed by atoms with E-state index in [9.17, 15) is 0 Å². The molecule has 0 nitrogen and oxygen atoms in total. The summed E-state index contributed by atoms with van der Waals surface area (Å²) in [6.45, 7) is 13.9. The fraction of sp³-hybridized carbons (Fsp3) is 0.917. The first-order valence-corrected chi connectivity index (χ1v) is 5.34. The number of rotatable bonds is 5. The molecule has 0 heteroatoms. The predicted molar refractivity (Wildman–Crippen MR) is 56.9 cm³/mol. The van der Waals surface area contributed by atoms with Gasteiger partial charge in [0.05, 0.1) is 0 Å². The van der Waals surface area contributed by atoms with Crippen molar-refractivity contribution in [1.29, 1.82) is 0 Å². The average Bonchev–Trinajstić information content (AvgIpc) is 2.12. The lowest BCUT2D eigenvalue weighted by molar-refractivity contribution is 0.225. The molecule has 0 aromatic carbocycles. The van der Waals surface area contributed by atoms with Crippen LogP contribution in [0.1, 0.15) is 48.0 Å². The normalized spacial score (nSPS) is 21.5. The highest BCUT2D eigenvalue weighted by Crippen LogP contribution is 2.29. The maximum Gasteiger partial charge on any atom is -0.0413 e. The van der Waals surface area contributed by atoms with Crippen LogP contribution in [0.15, 0.2) is 0 Å². The minimum absolute atomic E-state index is 0.758. The minimum atomic E-state index is 0.758. The molecular weight excluding hydrogens is 144 g/mol. The molecular formula is C12H25-. The average molecular weight is 169 g/mol. The topological polar surface area (TPSA) is 0 Å². The summed E-state index contributed by atoms with van der Waals surface area (Å²) in [4.78, 5) is 0. The van der Waals surface area contributed by atoms with Gasteiger partial charge in [0.2, 0.25) is 0 Å². The van der Waals surface area contributed by atoms with E-state index in [2.05, 4.69) is 48.0 Å². The Bertz CT molecular complexity index is 92.6. The van der Waals surface area contributed by atoms with Gasteiger partial charge in [0, 0.05) is 0 Å². The van der Waals surface area contributed by atoms with Crippen LogP contribution in [0.4, 0.5) is 0 Å². The summed E-state index contributed by atoms with van der Waals surface area (Å²) >= 11 is 0. The molecule has 0 rings (SSSR count). The largest absolute Gasteiger partial charge is 0.328 e. The molecule has 4 atom stereocenters. The maximum absolute atomic E-state index is 2.39. The van der Waals surface area contributed by atoms with Crippen molar-refractivity contribution in [3.8, 4) is 0 Å². The molecule has 0 aromatic heterocycles. The first-order chi connectivity index (χ1) is 5.54.